The fourth-order valence-electron chi connectivity index (χ4n) is 2.33. The van der Waals surface area contributed by atoms with Crippen LogP contribution in [0.25, 0.3) is 0 Å². The Bertz CT molecular complexity index is 871. The van der Waals surface area contributed by atoms with Crippen LogP contribution in [0.3, 0.4) is 0 Å². The highest BCUT2D eigenvalue weighted by atomic mass is 16.5. The summed E-state index contributed by atoms with van der Waals surface area (Å²) in [7, 11) is 0. The quantitative estimate of drug-likeness (QED) is 0.758. The molecule has 2 aromatic carbocycles. The van der Waals surface area contributed by atoms with Crippen molar-refractivity contribution in [1.82, 2.24) is 0 Å². The van der Waals surface area contributed by atoms with E-state index in [1.807, 2.05) is 38.1 Å². The SMILES string of the molecule is Cc1ccc(C)c(OCCC(=O)OC(C)C(=O)Nc2cccc(C#N)c2)c1. The van der Waals surface area contributed by atoms with Crippen LogP contribution in [0.4, 0.5) is 5.69 Å². The molecule has 0 saturated carbocycles. The van der Waals surface area contributed by atoms with Crippen LogP contribution in [0.15, 0.2) is 42.5 Å². The van der Waals surface area contributed by atoms with E-state index in [0.717, 1.165) is 16.9 Å². The number of carbonyl (C=O) groups excluding carboxylic acids is 2. The molecule has 0 heterocycles. The maximum Gasteiger partial charge on any atom is 0.310 e. The lowest BCUT2D eigenvalue weighted by atomic mass is 10.1. The van der Waals surface area contributed by atoms with E-state index in [1.54, 1.807) is 24.3 Å². The second kappa shape index (κ2) is 9.39. The molecule has 0 aliphatic rings. The topological polar surface area (TPSA) is 88.4 Å². The van der Waals surface area contributed by atoms with E-state index in [9.17, 15) is 9.59 Å². The van der Waals surface area contributed by atoms with Crippen molar-refractivity contribution in [2.75, 3.05) is 11.9 Å². The van der Waals surface area contributed by atoms with Crippen molar-refractivity contribution >= 4 is 17.6 Å². The molecule has 1 N–H and O–H groups in total. The first-order valence-electron chi connectivity index (χ1n) is 8.59. The van der Waals surface area contributed by atoms with Gasteiger partial charge in [0, 0.05) is 5.69 Å². The second-order valence-electron chi connectivity index (χ2n) is 6.18. The molecular weight excluding hydrogens is 344 g/mol. The van der Waals surface area contributed by atoms with Gasteiger partial charge >= 0.3 is 5.97 Å². The van der Waals surface area contributed by atoms with E-state index in [0.29, 0.717) is 11.3 Å². The maximum atomic E-state index is 12.1. The molecule has 0 fully saturated rings. The van der Waals surface area contributed by atoms with E-state index < -0.39 is 18.0 Å². The molecule has 2 aromatic rings. The summed E-state index contributed by atoms with van der Waals surface area (Å²) >= 11 is 0. The van der Waals surface area contributed by atoms with Crippen LogP contribution >= 0.6 is 0 Å². The van der Waals surface area contributed by atoms with Crippen LogP contribution in [-0.4, -0.2) is 24.6 Å². The highest BCUT2D eigenvalue weighted by Crippen LogP contribution is 2.19. The van der Waals surface area contributed by atoms with E-state index in [1.165, 1.54) is 6.92 Å². The predicted octanol–water partition coefficient (Wildman–Crippen LogP) is 3.51. The zero-order valence-electron chi connectivity index (χ0n) is 15.6. The van der Waals surface area contributed by atoms with Gasteiger partial charge in [-0.2, -0.15) is 5.26 Å². The summed E-state index contributed by atoms with van der Waals surface area (Å²) in [4.78, 5) is 24.1. The third kappa shape index (κ3) is 6.15. The average Bonchev–Trinajstić information content (AvgIpc) is 2.64. The largest absolute Gasteiger partial charge is 0.493 e. The molecule has 1 unspecified atom stereocenters. The minimum absolute atomic E-state index is 0.0366. The molecule has 1 atom stereocenters. The number of nitrogens with zero attached hydrogens (tertiary/aromatic N) is 1. The Morgan fingerprint density at radius 3 is 2.70 bits per heavy atom. The molecule has 0 aliphatic heterocycles. The molecule has 140 valence electrons. The first-order chi connectivity index (χ1) is 12.9. The number of amides is 1. The Kier molecular flexibility index (Phi) is 6.95. The summed E-state index contributed by atoms with van der Waals surface area (Å²) < 4.78 is 10.8. The summed E-state index contributed by atoms with van der Waals surface area (Å²) in [5.74, 6) is -0.256. The van der Waals surface area contributed by atoms with Gasteiger partial charge in [-0.3, -0.25) is 9.59 Å². The predicted molar refractivity (Wildman–Crippen MR) is 101 cm³/mol. The number of ether oxygens (including phenoxy) is 2. The number of nitrogens with one attached hydrogen (secondary N) is 1. The summed E-state index contributed by atoms with van der Waals surface area (Å²) in [6.07, 6.45) is -0.918. The average molecular weight is 366 g/mol. The van der Waals surface area contributed by atoms with Crippen molar-refractivity contribution in [2.45, 2.75) is 33.3 Å². The van der Waals surface area contributed by atoms with Crippen LogP contribution in [-0.2, 0) is 14.3 Å². The molecule has 0 spiro atoms. The minimum Gasteiger partial charge on any atom is -0.493 e. The molecule has 0 radical (unpaired) electrons. The summed E-state index contributed by atoms with van der Waals surface area (Å²) in [5.41, 5.74) is 2.96. The van der Waals surface area contributed by atoms with Gasteiger partial charge in [-0.25, -0.2) is 0 Å². The van der Waals surface area contributed by atoms with E-state index in [4.69, 9.17) is 14.7 Å². The molecule has 2 rings (SSSR count). The molecule has 0 bridgehead atoms. The Morgan fingerprint density at radius 2 is 1.96 bits per heavy atom. The molecule has 27 heavy (non-hydrogen) atoms. The van der Waals surface area contributed by atoms with Crippen molar-refractivity contribution in [3.8, 4) is 11.8 Å². The molecular formula is C21H22N2O4. The fourth-order valence-corrected chi connectivity index (χ4v) is 2.33. The van der Waals surface area contributed by atoms with Crippen LogP contribution in [0, 0.1) is 25.2 Å². The monoisotopic (exact) mass is 366 g/mol. The maximum absolute atomic E-state index is 12.1. The zero-order chi connectivity index (χ0) is 19.8. The van der Waals surface area contributed by atoms with Crippen molar-refractivity contribution in [2.24, 2.45) is 0 Å². The highest BCUT2D eigenvalue weighted by Gasteiger charge is 2.18. The lowest BCUT2D eigenvalue weighted by molar-refractivity contribution is -0.153. The van der Waals surface area contributed by atoms with Gasteiger partial charge in [-0.1, -0.05) is 18.2 Å². The Balaban J connectivity index is 1.79. The van der Waals surface area contributed by atoms with Crippen molar-refractivity contribution in [3.63, 3.8) is 0 Å². The Hall–Kier alpha value is -3.33. The minimum atomic E-state index is -0.955. The van der Waals surface area contributed by atoms with Gasteiger partial charge in [-0.05, 0) is 56.2 Å². The number of nitriles is 1. The molecule has 0 aliphatic carbocycles. The lowest BCUT2D eigenvalue weighted by Gasteiger charge is -2.14. The standard InChI is InChI=1S/C21H22N2O4/c1-14-7-8-15(2)19(11-14)26-10-9-20(24)27-16(3)21(25)23-18-6-4-5-17(12-18)13-22/h4-8,11-12,16H,9-10H2,1-3H3,(H,23,25). The Labute approximate surface area is 158 Å². The smallest absolute Gasteiger partial charge is 0.310 e. The molecule has 0 saturated heterocycles. The summed E-state index contributed by atoms with van der Waals surface area (Å²) in [6, 6.07) is 14.3. The van der Waals surface area contributed by atoms with Gasteiger partial charge in [0.05, 0.1) is 24.7 Å². The molecule has 6 heteroatoms. The van der Waals surface area contributed by atoms with Gasteiger partial charge in [0.25, 0.3) is 5.91 Å². The molecule has 1 amide bonds. The van der Waals surface area contributed by atoms with Gasteiger partial charge in [0.15, 0.2) is 6.10 Å². The number of aryl methyl sites for hydroxylation is 2. The molecule has 6 nitrogen and oxygen atoms in total. The van der Waals surface area contributed by atoms with Crippen LogP contribution in [0.2, 0.25) is 0 Å². The van der Waals surface area contributed by atoms with Gasteiger partial charge in [0.2, 0.25) is 0 Å². The first kappa shape index (κ1) is 20.0. The van der Waals surface area contributed by atoms with Gasteiger partial charge in [-0.15, -0.1) is 0 Å². The third-order valence-corrected chi connectivity index (χ3v) is 3.84. The Morgan fingerprint density at radius 1 is 1.19 bits per heavy atom. The number of anilines is 1. The number of esters is 1. The van der Waals surface area contributed by atoms with E-state index in [2.05, 4.69) is 5.32 Å². The van der Waals surface area contributed by atoms with E-state index in [-0.39, 0.29) is 13.0 Å². The van der Waals surface area contributed by atoms with Crippen LogP contribution in [0.5, 0.6) is 5.75 Å². The number of hydrogen-bond acceptors (Lipinski definition) is 5. The number of rotatable bonds is 7. The lowest BCUT2D eigenvalue weighted by Crippen LogP contribution is -2.30. The van der Waals surface area contributed by atoms with Crippen molar-refractivity contribution < 1.29 is 19.1 Å². The van der Waals surface area contributed by atoms with Crippen LogP contribution in [0.1, 0.15) is 30.0 Å². The zero-order valence-corrected chi connectivity index (χ0v) is 15.6. The fraction of sp³-hybridized carbons (Fsp3) is 0.286. The normalized spacial score (nSPS) is 11.2. The van der Waals surface area contributed by atoms with Gasteiger partial charge in [0.1, 0.15) is 5.75 Å². The summed E-state index contributed by atoms with van der Waals surface area (Å²) in [6.45, 7) is 5.56. The van der Waals surface area contributed by atoms with Crippen molar-refractivity contribution in [1.29, 1.82) is 5.26 Å². The van der Waals surface area contributed by atoms with Gasteiger partial charge < -0.3 is 14.8 Å². The summed E-state index contributed by atoms with van der Waals surface area (Å²) in [5, 5.41) is 11.5. The number of benzene rings is 2. The van der Waals surface area contributed by atoms with E-state index >= 15 is 0 Å². The molecule has 0 aromatic heterocycles. The second-order valence-corrected chi connectivity index (χ2v) is 6.18. The van der Waals surface area contributed by atoms with Crippen LogP contribution < -0.4 is 10.1 Å². The first-order valence-corrected chi connectivity index (χ1v) is 8.59. The number of carbonyl (C=O) groups is 2. The number of hydrogen-bond donors (Lipinski definition) is 1. The van der Waals surface area contributed by atoms with Crippen molar-refractivity contribution in [3.05, 3.63) is 59.2 Å². The highest BCUT2D eigenvalue weighted by molar-refractivity contribution is 5.95. The third-order valence-electron chi connectivity index (χ3n) is 3.84.